The molecule has 0 aromatic carbocycles. The van der Waals surface area contributed by atoms with Crippen molar-refractivity contribution in [1.82, 2.24) is 14.8 Å². The molecule has 5 atom stereocenters. The molecule has 3 aliphatic rings. The number of nitrogens with zero attached hydrogens (tertiary/aromatic N) is 3. The topological polar surface area (TPSA) is 198 Å². The molecule has 0 spiro atoms. The molecule has 1 aromatic rings. The fraction of sp³-hybridized carbons (Fsp3) is 0.741. The van der Waals surface area contributed by atoms with Crippen LogP contribution in [0.1, 0.15) is 59.3 Å². The molecule has 0 saturated carbocycles. The summed E-state index contributed by atoms with van der Waals surface area (Å²) in [5.74, 6) is 0.467. The Morgan fingerprint density at radius 3 is 2.24 bits per heavy atom. The highest BCUT2D eigenvalue weighted by Crippen LogP contribution is 2.48. The lowest BCUT2D eigenvalue weighted by Crippen LogP contribution is -2.55. The van der Waals surface area contributed by atoms with E-state index in [1.54, 1.807) is 38.5 Å². The average molecular weight is 697 g/mol. The number of hydrogen-bond acceptors (Lipinski definition) is 16. The maximum Gasteiger partial charge on any atom is 0.510 e. The minimum absolute atomic E-state index is 0.174. The molecule has 260 valence electrons. The van der Waals surface area contributed by atoms with Crippen molar-refractivity contribution < 1.29 is 61.8 Å². The van der Waals surface area contributed by atoms with Gasteiger partial charge in [-0.05, 0) is 65.1 Å². The number of aliphatic hydroxyl groups is 2. The number of rotatable bonds is 14. The second kappa shape index (κ2) is 15.6. The van der Waals surface area contributed by atoms with Crippen LogP contribution >= 0.6 is 19.2 Å². The molecule has 0 bridgehead atoms. The van der Waals surface area contributed by atoms with Crippen molar-refractivity contribution in [2.24, 2.45) is 4.99 Å². The Labute approximate surface area is 271 Å². The molecule has 0 radical (unpaired) electrons. The number of carbonyl (C=O) groups is 2. The van der Waals surface area contributed by atoms with E-state index in [1.807, 2.05) is 13.0 Å². The molecule has 46 heavy (non-hydrogen) atoms. The second-order valence-corrected chi connectivity index (χ2v) is 13.9. The van der Waals surface area contributed by atoms with Gasteiger partial charge in [0.15, 0.2) is 11.5 Å². The maximum atomic E-state index is 13.3. The number of halogens is 1. The van der Waals surface area contributed by atoms with Crippen molar-refractivity contribution in [3.63, 3.8) is 0 Å². The summed E-state index contributed by atoms with van der Waals surface area (Å²) in [5, 5.41) is 25.2. The van der Waals surface area contributed by atoms with Crippen LogP contribution in [0.3, 0.4) is 0 Å². The van der Waals surface area contributed by atoms with Gasteiger partial charge in [0.25, 0.3) is 0 Å². The van der Waals surface area contributed by atoms with E-state index in [1.165, 1.54) is 0 Å². The monoisotopic (exact) mass is 696 g/mol. The van der Waals surface area contributed by atoms with Crippen LogP contribution in [-0.2, 0) is 47.7 Å². The summed E-state index contributed by atoms with van der Waals surface area (Å²) >= 11 is 6.41. The first-order valence-corrected chi connectivity index (χ1v) is 17.0. The quantitative estimate of drug-likeness (QED) is 0.111. The number of likely N-dealkylation sites (tertiary alicyclic amines) is 1. The van der Waals surface area contributed by atoms with Gasteiger partial charge < -0.3 is 48.5 Å². The van der Waals surface area contributed by atoms with E-state index in [0.29, 0.717) is 5.82 Å². The Morgan fingerprint density at radius 2 is 1.67 bits per heavy atom. The molecule has 4 heterocycles. The molecule has 1 aromatic heterocycles. The molecule has 0 amide bonds. The van der Waals surface area contributed by atoms with Gasteiger partial charge in [-0.25, -0.2) is 14.6 Å². The van der Waals surface area contributed by atoms with Crippen molar-refractivity contribution in [3.05, 3.63) is 17.8 Å². The SMILES string of the molecule is CC(C)OC(=O)OCOP(=O)(COC[C@H]1O[C@@H](n2ccc3c2N=C(Cl)NC3(C)N2CCCC2)[C@H](O)[C@@H]1O)OCOC(=O)OC(C)C. The summed E-state index contributed by atoms with van der Waals surface area (Å²) in [6.45, 7) is 8.15. The predicted octanol–water partition coefficient (Wildman–Crippen LogP) is 3.44. The average Bonchev–Trinajstić information content (AvgIpc) is 3.70. The number of nitrogens with one attached hydrogen (secondary N) is 1. The van der Waals surface area contributed by atoms with Gasteiger partial charge in [0.1, 0.15) is 36.1 Å². The number of hydrogen-bond donors (Lipinski definition) is 3. The zero-order valence-corrected chi connectivity index (χ0v) is 28.0. The zero-order valence-electron chi connectivity index (χ0n) is 26.3. The third-order valence-corrected chi connectivity index (χ3v) is 9.04. The van der Waals surface area contributed by atoms with E-state index in [4.69, 9.17) is 49.1 Å². The van der Waals surface area contributed by atoms with Crippen LogP contribution in [0.5, 0.6) is 0 Å². The summed E-state index contributed by atoms with van der Waals surface area (Å²) in [7, 11) is -4.24. The predicted molar refractivity (Wildman–Crippen MR) is 160 cm³/mol. The highest BCUT2D eigenvalue weighted by molar-refractivity contribution is 7.53. The molecule has 1 unspecified atom stereocenters. The van der Waals surface area contributed by atoms with Crippen molar-refractivity contribution in [2.45, 2.75) is 89.9 Å². The third-order valence-electron chi connectivity index (χ3n) is 7.36. The summed E-state index contributed by atoms with van der Waals surface area (Å²) in [6.07, 6.45) is -4.92. The number of aromatic nitrogens is 1. The number of ether oxygens (including phenoxy) is 6. The number of aliphatic hydroxyl groups excluding tert-OH is 2. The number of fused-ring (bicyclic) bond motifs is 1. The van der Waals surface area contributed by atoms with Crippen LogP contribution in [0.4, 0.5) is 15.4 Å². The lowest BCUT2D eigenvalue weighted by atomic mass is 10.0. The molecule has 3 N–H and O–H groups in total. The zero-order chi connectivity index (χ0) is 33.6. The Kier molecular flexibility index (Phi) is 12.3. The van der Waals surface area contributed by atoms with E-state index >= 15 is 0 Å². The third kappa shape index (κ3) is 8.90. The van der Waals surface area contributed by atoms with Crippen LogP contribution in [0.15, 0.2) is 17.3 Å². The van der Waals surface area contributed by atoms with Crippen molar-refractivity contribution in [2.75, 3.05) is 39.6 Å². The van der Waals surface area contributed by atoms with Gasteiger partial charge in [-0.3, -0.25) is 18.5 Å². The summed E-state index contributed by atoms with van der Waals surface area (Å²) < 4.78 is 55.8. The lowest BCUT2D eigenvalue weighted by Gasteiger charge is -2.41. The first-order valence-electron chi connectivity index (χ1n) is 14.9. The van der Waals surface area contributed by atoms with Gasteiger partial charge >= 0.3 is 19.9 Å². The van der Waals surface area contributed by atoms with Crippen LogP contribution in [0, 0.1) is 0 Å². The van der Waals surface area contributed by atoms with Crippen molar-refractivity contribution >= 4 is 42.6 Å². The second-order valence-electron chi connectivity index (χ2n) is 11.5. The Hall–Kier alpha value is -2.47. The van der Waals surface area contributed by atoms with Crippen LogP contribution in [0.2, 0.25) is 0 Å². The van der Waals surface area contributed by atoms with Crippen LogP contribution < -0.4 is 5.32 Å². The fourth-order valence-electron chi connectivity index (χ4n) is 5.20. The fourth-order valence-corrected chi connectivity index (χ4v) is 6.44. The summed E-state index contributed by atoms with van der Waals surface area (Å²) in [4.78, 5) is 30.1. The standard InChI is InChI=1S/C27H42ClN4O13P/c1-16(2)43-25(35)39-13-41-46(37,42-14-40-26(36)44-17(3)4)15-38-12-19-20(33)21(34)23(45-19)32-11-8-18-22(32)29-24(28)30-27(18,5)31-9-6-7-10-31/h8,11,16-17,19-21,23,33-34H,6-7,9-10,12-15H2,1-5H3,(H,29,30)/t19-,20-,21-,23-,27?/m1/s1. The van der Waals surface area contributed by atoms with Gasteiger partial charge in [-0.15, -0.1) is 0 Å². The molecule has 3 aliphatic heterocycles. The van der Waals surface area contributed by atoms with Gasteiger partial charge in [0, 0.05) is 24.8 Å². The molecular weight excluding hydrogens is 655 g/mol. The molecule has 17 nitrogen and oxygen atoms in total. The van der Waals surface area contributed by atoms with E-state index in [0.717, 1.165) is 31.5 Å². The Morgan fingerprint density at radius 1 is 1.09 bits per heavy atom. The first kappa shape index (κ1) is 36.4. The normalized spacial score (nSPS) is 26.5. The largest absolute Gasteiger partial charge is 0.510 e. The number of aliphatic imine (C=N–C) groups is 1. The summed E-state index contributed by atoms with van der Waals surface area (Å²) in [6, 6.07) is 1.86. The number of carbonyl (C=O) groups excluding carboxylic acids is 2. The minimum Gasteiger partial charge on any atom is -0.432 e. The first-order chi connectivity index (χ1) is 21.7. The van der Waals surface area contributed by atoms with Gasteiger partial charge in [-0.1, -0.05) is 0 Å². The van der Waals surface area contributed by atoms with Crippen LogP contribution in [0.25, 0.3) is 0 Å². The van der Waals surface area contributed by atoms with E-state index in [-0.39, 0.29) is 11.9 Å². The van der Waals surface area contributed by atoms with E-state index in [9.17, 15) is 24.4 Å². The highest BCUT2D eigenvalue weighted by atomic mass is 35.5. The van der Waals surface area contributed by atoms with Crippen molar-refractivity contribution in [3.8, 4) is 0 Å². The molecule has 19 heteroatoms. The summed E-state index contributed by atoms with van der Waals surface area (Å²) in [5.41, 5.74) is 0.199. The van der Waals surface area contributed by atoms with Gasteiger partial charge in [-0.2, -0.15) is 0 Å². The van der Waals surface area contributed by atoms with Crippen LogP contribution in [-0.4, -0.2) is 107 Å². The molecular formula is C27H42ClN4O13P. The minimum atomic E-state index is -4.24. The molecule has 0 aliphatic carbocycles. The maximum absolute atomic E-state index is 13.3. The molecule has 4 rings (SSSR count). The Balaban J connectivity index is 1.39. The van der Waals surface area contributed by atoms with Gasteiger partial charge in [0.05, 0.1) is 18.8 Å². The van der Waals surface area contributed by atoms with Gasteiger partial charge in [0.2, 0.25) is 13.6 Å². The van der Waals surface area contributed by atoms with E-state index < -0.39 is 82.3 Å². The highest BCUT2D eigenvalue weighted by Gasteiger charge is 2.47. The van der Waals surface area contributed by atoms with Crippen molar-refractivity contribution in [1.29, 1.82) is 0 Å². The smallest absolute Gasteiger partial charge is 0.432 e. The lowest BCUT2D eigenvalue weighted by molar-refractivity contribution is -0.0659. The van der Waals surface area contributed by atoms with E-state index in [2.05, 4.69) is 15.2 Å². The molecule has 2 fully saturated rings. The number of amidine groups is 1. The molecule has 2 saturated heterocycles. The Bertz CT molecular complexity index is 1260.